The van der Waals surface area contributed by atoms with E-state index in [1.54, 1.807) is 4.68 Å². The molecule has 2 rings (SSSR count). The molecule has 0 saturated heterocycles. The SMILES string of the molecule is CC(C)CNC(C)c1nnnn1-c1cccc(Br)c1. The maximum atomic E-state index is 4.12. The van der Waals surface area contributed by atoms with E-state index in [4.69, 9.17) is 0 Å². The number of hydrogen-bond donors (Lipinski definition) is 1. The van der Waals surface area contributed by atoms with Crippen molar-refractivity contribution in [1.82, 2.24) is 25.5 Å². The number of benzene rings is 1. The highest BCUT2D eigenvalue weighted by Gasteiger charge is 2.15. The molecule has 1 unspecified atom stereocenters. The summed E-state index contributed by atoms with van der Waals surface area (Å²) in [7, 11) is 0. The summed E-state index contributed by atoms with van der Waals surface area (Å²) in [6, 6.07) is 8.04. The van der Waals surface area contributed by atoms with Crippen LogP contribution in [0, 0.1) is 5.92 Å². The van der Waals surface area contributed by atoms with Crippen LogP contribution in [-0.4, -0.2) is 26.8 Å². The fraction of sp³-hybridized carbons (Fsp3) is 0.462. The van der Waals surface area contributed by atoms with Crippen molar-refractivity contribution >= 4 is 15.9 Å². The quantitative estimate of drug-likeness (QED) is 0.919. The molecule has 0 saturated carbocycles. The van der Waals surface area contributed by atoms with E-state index in [2.05, 4.69) is 57.5 Å². The van der Waals surface area contributed by atoms with Crippen molar-refractivity contribution in [2.75, 3.05) is 6.54 Å². The van der Waals surface area contributed by atoms with Crippen molar-refractivity contribution in [1.29, 1.82) is 0 Å². The molecule has 1 N–H and O–H groups in total. The Morgan fingerprint density at radius 2 is 2.11 bits per heavy atom. The summed E-state index contributed by atoms with van der Waals surface area (Å²) in [5.41, 5.74) is 0.951. The van der Waals surface area contributed by atoms with Gasteiger partial charge in [-0.1, -0.05) is 35.8 Å². The van der Waals surface area contributed by atoms with Gasteiger partial charge in [0.1, 0.15) is 0 Å². The van der Waals surface area contributed by atoms with Crippen LogP contribution in [0.25, 0.3) is 5.69 Å². The van der Waals surface area contributed by atoms with Crippen molar-refractivity contribution in [3.63, 3.8) is 0 Å². The highest BCUT2D eigenvalue weighted by atomic mass is 79.9. The van der Waals surface area contributed by atoms with Crippen molar-refractivity contribution in [3.8, 4) is 5.69 Å². The van der Waals surface area contributed by atoms with Crippen molar-refractivity contribution in [2.24, 2.45) is 5.92 Å². The van der Waals surface area contributed by atoms with E-state index in [-0.39, 0.29) is 6.04 Å². The second-order valence-electron chi connectivity index (χ2n) is 4.95. The van der Waals surface area contributed by atoms with E-state index in [0.717, 1.165) is 22.5 Å². The first kappa shape index (κ1) is 14.1. The largest absolute Gasteiger partial charge is 0.307 e. The molecule has 1 atom stereocenters. The lowest BCUT2D eigenvalue weighted by atomic mass is 10.2. The van der Waals surface area contributed by atoms with Gasteiger partial charge < -0.3 is 5.32 Å². The Morgan fingerprint density at radius 3 is 2.79 bits per heavy atom. The van der Waals surface area contributed by atoms with Gasteiger partial charge in [0.15, 0.2) is 5.82 Å². The van der Waals surface area contributed by atoms with E-state index in [9.17, 15) is 0 Å². The maximum absolute atomic E-state index is 4.12. The van der Waals surface area contributed by atoms with Crippen LogP contribution in [0.4, 0.5) is 0 Å². The number of rotatable bonds is 5. The Hall–Kier alpha value is -1.27. The molecule has 0 aliphatic carbocycles. The molecule has 1 aromatic heterocycles. The monoisotopic (exact) mass is 323 g/mol. The van der Waals surface area contributed by atoms with Crippen LogP contribution < -0.4 is 5.32 Å². The van der Waals surface area contributed by atoms with Gasteiger partial charge in [0.2, 0.25) is 0 Å². The first-order chi connectivity index (χ1) is 9.08. The molecule has 0 fully saturated rings. The first-order valence-corrected chi connectivity index (χ1v) is 7.15. The molecule has 2 aromatic rings. The summed E-state index contributed by atoms with van der Waals surface area (Å²) in [6.07, 6.45) is 0. The minimum absolute atomic E-state index is 0.108. The van der Waals surface area contributed by atoms with Crippen LogP contribution in [0.15, 0.2) is 28.7 Å². The summed E-state index contributed by atoms with van der Waals surface area (Å²) in [6.45, 7) is 7.36. The summed E-state index contributed by atoms with van der Waals surface area (Å²) in [5.74, 6) is 1.41. The van der Waals surface area contributed by atoms with Crippen LogP contribution >= 0.6 is 15.9 Å². The zero-order chi connectivity index (χ0) is 13.8. The molecule has 0 aliphatic heterocycles. The Bertz CT molecular complexity index is 537. The van der Waals surface area contributed by atoms with Gasteiger partial charge in [0.05, 0.1) is 11.7 Å². The standard InChI is InChI=1S/C13H18BrN5/c1-9(2)8-15-10(3)13-16-17-18-19(13)12-6-4-5-11(14)7-12/h4-7,9-10,15H,8H2,1-3H3. The van der Waals surface area contributed by atoms with Crippen LogP contribution in [0.5, 0.6) is 0 Å². The molecular formula is C13H18BrN5. The lowest BCUT2D eigenvalue weighted by molar-refractivity contribution is 0.475. The average Bonchev–Trinajstić information content (AvgIpc) is 2.85. The molecule has 0 radical (unpaired) electrons. The summed E-state index contributed by atoms with van der Waals surface area (Å²) in [5, 5.41) is 15.4. The smallest absolute Gasteiger partial charge is 0.173 e. The molecule has 0 bridgehead atoms. The van der Waals surface area contributed by atoms with E-state index in [0.29, 0.717) is 5.92 Å². The normalized spacial score (nSPS) is 12.9. The molecule has 19 heavy (non-hydrogen) atoms. The van der Waals surface area contributed by atoms with Crippen LogP contribution in [0.3, 0.4) is 0 Å². The molecule has 5 nitrogen and oxygen atoms in total. The molecule has 6 heteroatoms. The van der Waals surface area contributed by atoms with Gasteiger partial charge in [-0.05, 0) is 48.0 Å². The van der Waals surface area contributed by atoms with E-state index < -0.39 is 0 Å². The van der Waals surface area contributed by atoms with Crippen LogP contribution in [-0.2, 0) is 0 Å². The predicted octanol–water partition coefficient (Wildman–Crippen LogP) is 2.73. The third-order valence-electron chi connectivity index (χ3n) is 2.77. The van der Waals surface area contributed by atoms with Gasteiger partial charge >= 0.3 is 0 Å². The number of tetrazole rings is 1. The highest BCUT2D eigenvalue weighted by Crippen LogP contribution is 2.18. The molecule has 1 heterocycles. The minimum atomic E-state index is 0.108. The van der Waals surface area contributed by atoms with E-state index in [1.807, 2.05) is 24.3 Å². The third kappa shape index (κ3) is 3.61. The Kier molecular flexibility index (Phi) is 4.66. The minimum Gasteiger partial charge on any atom is -0.307 e. The van der Waals surface area contributed by atoms with E-state index >= 15 is 0 Å². The Morgan fingerprint density at radius 1 is 1.32 bits per heavy atom. The average molecular weight is 324 g/mol. The highest BCUT2D eigenvalue weighted by molar-refractivity contribution is 9.10. The van der Waals surface area contributed by atoms with Gasteiger partial charge in [0.25, 0.3) is 0 Å². The fourth-order valence-corrected chi connectivity index (χ4v) is 2.15. The summed E-state index contributed by atoms with van der Waals surface area (Å²) >= 11 is 3.46. The lowest BCUT2D eigenvalue weighted by Crippen LogP contribution is -2.25. The molecule has 0 aliphatic rings. The van der Waals surface area contributed by atoms with Gasteiger partial charge in [-0.25, -0.2) is 0 Å². The zero-order valence-corrected chi connectivity index (χ0v) is 12.9. The third-order valence-corrected chi connectivity index (χ3v) is 3.26. The van der Waals surface area contributed by atoms with Crippen LogP contribution in [0.1, 0.15) is 32.6 Å². The Balaban J connectivity index is 2.22. The summed E-state index contributed by atoms with van der Waals surface area (Å²) < 4.78 is 2.78. The maximum Gasteiger partial charge on any atom is 0.173 e. The zero-order valence-electron chi connectivity index (χ0n) is 11.3. The number of nitrogens with one attached hydrogen (secondary N) is 1. The topological polar surface area (TPSA) is 55.6 Å². The predicted molar refractivity (Wildman–Crippen MR) is 78.1 cm³/mol. The number of hydrogen-bond acceptors (Lipinski definition) is 4. The fourth-order valence-electron chi connectivity index (χ4n) is 1.76. The van der Waals surface area contributed by atoms with Crippen LogP contribution in [0.2, 0.25) is 0 Å². The van der Waals surface area contributed by atoms with Gasteiger partial charge in [-0.2, -0.15) is 4.68 Å². The Labute approximate surface area is 121 Å². The molecule has 1 aromatic carbocycles. The van der Waals surface area contributed by atoms with Crippen molar-refractivity contribution < 1.29 is 0 Å². The molecular weight excluding hydrogens is 306 g/mol. The van der Waals surface area contributed by atoms with E-state index in [1.165, 1.54) is 0 Å². The van der Waals surface area contributed by atoms with Crippen molar-refractivity contribution in [3.05, 3.63) is 34.6 Å². The first-order valence-electron chi connectivity index (χ1n) is 6.35. The van der Waals surface area contributed by atoms with Crippen molar-refractivity contribution in [2.45, 2.75) is 26.8 Å². The van der Waals surface area contributed by atoms with Gasteiger partial charge in [0, 0.05) is 4.47 Å². The molecule has 0 spiro atoms. The van der Waals surface area contributed by atoms with Gasteiger partial charge in [-0.15, -0.1) is 5.10 Å². The number of aromatic nitrogens is 4. The number of halogens is 1. The summed E-state index contributed by atoms with van der Waals surface area (Å²) in [4.78, 5) is 0. The lowest BCUT2D eigenvalue weighted by Gasteiger charge is -2.15. The second kappa shape index (κ2) is 6.25. The van der Waals surface area contributed by atoms with Gasteiger partial charge in [-0.3, -0.25) is 0 Å². The number of nitrogens with zero attached hydrogens (tertiary/aromatic N) is 4. The molecule has 102 valence electrons. The molecule has 0 amide bonds. The second-order valence-corrected chi connectivity index (χ2v) is 5.87.